The second kappa shape index (κ2) is 4.43. The zero-order chi connectivity index (χ0) is 11.7. The van der Waals surface area contributed by atoms with Crippen molar-refractivity contribution in [3.8, 4) is 18.1 Å². The predicted molar refractivity (Wildman–Crippen MR) is 68.0 cm³/mol. The summed E-state index contributed by atoms with van der Waals surface area (Å²) in [7, 11) is 0. The van der Waals surface area contributed by atoms with E-state index >= 15 is 0 Å². The molecular formula is C15H17NO. The van der Waals surface area contributed by atoms with Gasteiger partial charge in [0.05, 0.1) is 5.56 Å². The zero-order valence-electron chi connectivity index (χ0n) is 9.93. The van der Waals surface area contributed by atoms with E-state index in [0.717, 1.165) is 17.9 Å². The maximum atomic E-state index is 6.13. The van der Waals surface area contributed by atoms with E-state index in [4.69, 9.17) is 11.2 Å². The van der Waals surface area contributed by atoms with Crippen LogP contribution in [0.1, 0.15) is 18.4 Å². The van der Waals surface area contributed by atoms with Crippen molar-refractivity contribution in [2.45, 2.75) is 18.9 Å². The molecule has 0 spiro atoms. The minimum Gasteiger partial charge on any atom is -0.487 e. The smallest absolute Gasteiger partial charge is 0.135 e. The van der Waals surface area contributed by atoms with E-state index in [9.17, 15) is 0 Å². The maximum Gasteiger partial charge on any atom is 0.135 e. The lowest BCUT2D eigenvalue weighted by molar-refractivity contribution is -0.00788. The van der Waals surface area contributed by atoms with Gasteiger partial charge in [0.2, 0.25) is 0 Å². The molecular weight excluding hydrogens is 210 g/mol. The van der Waals surface area contributed by atoms with Crippen molar-refractivity contribution in [1.82, 2.24) is 4.90 Å². The van der Waals surface area contributed by atoms with Crippen LogP contribution < -0.4 is 4.74 Å². The summed E-state index contributed by atoms with van der Waals surface area (Å²) in [5, 5.41) is 0. The molecule has 3 fully saturated rings. The number of hydrogen-bond acceptors (Lipinski definition) is 2. The molecule has 17 heavy (non-hydrogen) atoms. The number of terminal acetylenes is 1. The molecule has 1 aromatic carbocycles. The van der Waals surface area contributed by atoms with Gasteiger partial charge in [-0.1, -0.05) is 18.1 Å². The van der Waals surface area contributed by atoms with Crippen molar-refractivity contribution in [2.24, 2.45) is 5.92 Å². The molecule has 3 heterocycles. The standard InChI is InChI=1S/C15H17NO/c1-2-12-5-3-4-6-14(12)17-15-11-16-9-7-13(15)8-10-16/h1,3-6,13,15H,7-11H2. The average Bonchev–Trinajstić information content (AvgIpc) is 2.41. The van der Waals surface area contributed by atoms with Crippen LogP contribution in [0.2, 0.25) is 0 Å². The van der Waals surface area contributed by atoms with Crippen LogP contribution in [0.4, 0.5) is 0 Å². The summed E-state index contributed by atoms with van der Waals surface area (Å²) in [6.07, 6.45) is 8.35. The molecule has 3 aliphatic rings. The Balaban J connectivity index is 1.77. The van der Waals surface area contributed by atoms with Crippen LogP contribution in [-0.4, -0.2) is 30.6 Å². The van der Waals surface area contributed by atoms with E-state index in [1.54, 1.807) is 0 Å². The normalized spacial score (nSPS) is 30.9. The Morgan fingerprint density at radius 3 is 2.65 bits per heavy atom. The summed E-state index contributed by atoms with van der Waals surface area (Å²) in [6, 6.07) is 7.86. The van der Waals surface area contributed by atoms with Crippen LogP contribution >= 0.6 is 0 Å². The Bertz CT molecular complexity index is 440. The molecule has 88 valence electrons. The molecule has 1 unspecified atom stereocenters. The topological polar surface area (TPSA) is 12.5 Å². The van der Waals surface area contributed by atoms with Gasteiger partial charge in [0.15, 0.2) is 0 Å². The molecule has 0 N–H and O–H groups in total. The number of piperidine rings is 3. The summed E-state index contributed by atoms with van der Waals surface area (Å²) in [5.41, 5.74) is 0.865. The lowest BCUT2D eigenvalue weighted by Crippen LogP contribution is -2.52. The van der Waals surface area contributed by atoms with Crippen LogP contribution in [0.25, 0.3) is 0 Å². The van der Waals surface area contributed by atoms with Gasteiger partial charge in [-0.25, -0.2) is 0 Å². The molecule has 0 saturated carbocycles. The van der Waals surface area contributed by atoms with Crippen molar-refractivity contribution in [1.29, 1.82) is 0 Å². The Morgan fingerprint density at radius 2 is 2.00 bits per heavy atom. The summed E-state index contributed by atoms with van der Waals surface area (Å²) in [5.74, 6) is 4.27. The molecule has 0 radical (unpaired) electrons. The molecule has 1 aromatic rings. The van der Waals surface area contributed by atoms with Crippen LogP contribution in [0.15, 0.2) is 24.3 Å². The fourth-order valence-corrected chi connectivity index (χ4v) is 2.90. The molecule has 1 atom stereocenters. The highest BCUT2D eigenvalue weighted by molar-refractivity contribution is 5.44. The Hall–Kier alpha value is -1.46. The summed E-state index contributed by atoms with van der Waals surface area (Å²) < 4.78 is 6.13. The van der Waals surface area contributed by atoms with Gasteiger partial charge in [0.25, 0.3) is 0 Å². The molecule has 0 aliphatic carbocycles. The Morgan fingerprint density at radius 1 is 1.24 bits per heavy atom. The molecule has 0 aromatic heterocycles. The highest BCUT2D eigenvalue weighted by Gasteiger charge is 2.35. The van der Waals surface area contributed by atoms with Crippen LogP contribution in [-0.2, 0) is 0 Å². The first-order chi connectivity index (χ1) is 8.36. The van der Waals surface area contributed by atoms with Crippen LogP contribution in [0, 0.1) is 18.3 Å². The first kappa shape index (κ1) is 10.7. The predicted octanol–water partition coefficient (Wildman–Crippen LogP) is 2.14. The van der Waals surface area contributed by atoms with Gasteiger partial charge in [0, 0.05) is 6.54 Å². The maximum absolute atomic E-state index is 6.13. The van der Waals surface area contributed by atoms with E-state index in [1.807, 2.05) is 24.3 Å². The van der Waals surface area contributed by atoms with Gasteiger partial charge in [-0.15, -0.1) is 6.42 Å². The van der Waals surface area contributed by atoms with Crippen molar-refractivity contribution in [2.75, 3.05) is 19.6 Å². The zero-order valence-corrected chi connectivity index (χ0v) is 9.93. The highest BCUT2D eigenvalue weighted by Crippen LogP contribution is 2.31. The van der Waals surface area contributed by atoms with Gasteiger partial charge in [-0.3, -0.25) is 4.90 Å². The fraction of sp³-hybridized carbons (Fsp3) is 0.467. The van der Waals surface area contributed by atoms with Gasteiger partial charge < -0.3 is 4.74 Å². The molecule has 0 amide bonds. The van der Waals surface area contributed by atoms with Gasteiger partial charge in [-0.2, -0.15) is 0 Å². The summed E-state index contributed by atoms with van der Waals surface area (Å²) in [4.78, 5) is 2.49. The van der Waals surface area contributed by atoms with Crippen LogP contribution in [0.3, 0.4) is 0 Å². The van der Waals surface area contributed by atoms with Crippen molar-refractivity contribution in [3.63, 3.8) is 0 Å². The molecule has 3 saturated heterocycles. The third-order valence-electron chi connectivity index (χ3n) is 3.92. The minimum absolute atomic E-state index is 0.326. The quantitative estimate of drug-likeness (QED) is 0.718. The summed E-state index contributed by atoms with van der Waals surface area (Å²) in [6.45, 7) is 3.53. The number of rotatable bonds is 2. The fourth-order valence-electron chi connectivity index (χ4n) is 2.90. The van der Waals surface area contributed by atoms with Gasteiger partial charge in [0.1, 0.15) is 11.9 Å². The number of para-hydroxylation sites is 1. The lowest BCUT2D eigenvalue weighted by Gasteiger charge is -2.44. The van der Waals surface area contributed by atoms with Crippen LogP contribution in [0.5, 0.6) is 5.75 Å². The highest BCUT2D eigenvalue weighted by atomic mass is 16.5. The largest absolute Gasteiger partial charge is 0.487 e. The average molecular weight is 227 g/mol. The molecule has 2 bridgehead atoms. The van der Waals surface area contributed by atoms with E-state index in [0.29, 0.717) is 12.0 Å². The monoisotopic (exact) mass is 227 g/mol. The number of hydrogen-bond donors (Lipinski definition) is 0. The van der Waals surface area contributed by atoms with Gasteiger partial charge >= 0.3 is 0 Å². The number of ether oxygens (including phenoxy) is 1. The van der Waals surface area contributed by atoms with E-state index in [1.165, 1.54) is 25.9 Å². The van der Waals surface area contributed by atoms with Gasteiger partial charge in [-0.05, 0) is 44.0 Å². The van der Waals surface area contributed by atoms with Crippen molar-refractivity contribution >= 4 is 0 Å². The third-order valence-corrected chi connectivity index (χ3v) is 3.92. The second-order valence-electron chi connectivity index (χ2n) is 4.93. The van der Waals surface area contributed by atoms with E-state index in [2.05, 4.69) is 10.8 Å². The Kier molecular flexibility index (Phi) is 2.78. The lowest BCUT2D eigenvalue weighted by atomic mass is 9.86. The van der Waals surface area contributed by atoms with E-state index in [-0.39, 0.29) is 0 Å². The first-order valence-corrected chi connectivity index (χ1v) is 6.31. The van der Waals surface area contributed by atoms with E-state index < -0.39 is 0 Å². The summed E-state index contributed by atoms with van der Waals surface area (Å²) >= 11 is 0. The second-order valence-corrected chi connectivity index (χ2v) is 4.93. The van der Waals surface area contributed by atoms with Crippen molar-refractivity contribution in [3.05, 3.63) is 29.8 Å². The number of benzene rings is 1. The molecule has 2 heteroatoms. The molecule has 2 nitrogen and oxygen atoms in total. The SMILES string of the molecule is C#Cc1ccccc1OC1CN2CCC1CC2. The first-order valence-electron chi connectivity index (χ1n) is 6.31. The minimum atomic E-state index is 0.326. The number of nitrogens with zero attached hydrogens (tertiary/aromatic N) is 1. The Labute approximate surface area is 103 Å². The number of fused-ring (bicyclic) bond motifs is 3. The molecule has 3 aliphatic heterocycles. The molecule has 4 rings (SSSR count). The third kappa shape index (κ3) is 2.03. The van der Waals surface area contributed by atoms with Crippen molar-refractivity contribution < 1.29 is 4.74 Å².